The topological polar surface area (TPSA) is 135 Å². The van der Waals surface area contributed by atoms with E-state index < -0.39 is 15.9 Å². The Balaban J connectivity index is 0.898. The van der Waals surface area contributed by atoms with Crippen LogP contribution in [-0.2, 0) is 10.0 Å². The third kappa shape index (κ3) is 6.41. The zero-order valence-electron chi connectivity index (χ0n) is 28.3. The monoisotopic (exact) mass is 694 g/mol. The summed E-state index contributed by atoms with van der Waals surface area (Å²) in [5.41, 5.74) is 2.30. The van der Waals surface area contributed by atoms with E-state index in [9.17, 15) is 18.0 Å². The van der Waals surface area contributed by atoms with Gasteiger partial charge in [-0.05, 0) is 109 Å². The molecule has 1 aliphatic heterocycles. The molecule has 4 aliphatic carbocycles. The van der Waals surface area contributed by atoms with Gasteiger partial charge in [-0.15, -0.1) is 10.2 Å². The molecular formula is C38H42N6O5S. The first-order valence-electron chi connectivity index (χ1n) is 17.7. The van der Waals surface area contributed by atoms with Gasteiger partial charge in [0.05, 0.1) is 18.6 Å². The van der Waals surface area contributed by atoms with E-state index in [2.05, 4.69) is 19.9 Å². The van der Waals surface area contributed by atoms with Crippen LogP contribution >= 0.6 is 0 Å². The zero-order chi connectivity index (χ0) is 34.5. The first kappa shape index (κ1) is 32.6. The van der Waals surface area contributed by atoms with E-state index in [0.29, 0.717) is 67.7 Å². The van der Waals surface area contributed by atoms with E-state index in [4.69, 9.17) is 4.74 Å². The molecule has 11 nitrogen and oxygen atoms in total. The molecule has 9 rings (SSSR count). The molecule has 2 amide bonds. The molecule has 4 bridgehead atoms. The Morgan fingerprint density at radius 3 is 2.24 bits per heavy atom. The largest absolute Gasteiger partial charge is 0.492 e. The number of nitrogens with zero attached hydrogens (tertiary/aromatic N) is 5. The minimum atomic E-state index is -3.82. The standard InChI is InChI=1S/C38H42N6O5S/c1-2-49-29-18-28(22-39-23-29)30-7-8-33(32-6-4-3-5-31(30)32)37(46)44-13-11-43(12-14-44)35-10-9-34(40-41-35)36(45)42-50(47,48)24-38-19-25-15-26(20-38)17-27(16-25)21-38/h3-10,18,22-23,25-27H,2,11-17,19-21,24H2,1H3,(H,42,45). The van der Waals surface area contributed by atoms with Crippen LogP contribution in [0.25, 0.3) is 21.9 Å². The van der Waals surface area contributed by atoms with Crippen molar-refractivity contribution in [2.75, 3.05) is 43.4 Å². The molecule has 5 aliphatic rings. The summed E-state index contributed by atoms with van der Waals surface area (Å²) in [6, 6.07) is 16.9. The van der Waals surface area contributed by atoms with Gasteiger partial charge in [-0.1, -0.05) is 30.3 Å². The fourth-order valence-electron chi connectivity index (χ4n) is 9.57. The molecule has 0 radical (unpaired) electrons. The lowest BCUT2D eigenvalue weighted by Crippen LogP contribution is -2.51. The number of aromatic nitrogens is 3. The van der Waals surface area contributed by atoms with E-state index in [1.807, 2.05) is 59.2 Å². The van der Waals surface area contributed by atoms with Crippen molar-refractivity contribution in [1.82, 2.24) is 24.8 Å². The highest BCUT2D eigenvalue weighted by molar-refractivity contribution is 7.90. The van der Waals surface area contributed by atoms with Crippen molar-refractivity contribution in [2.24, 2.45) is 23.2 Å². The number of carbonyl (C=O) groups excluding carboxylic acids is 2. The third-order valence-corrected chi connectivity index (χ3v) is 12.7. The lowest BCUT2D eigenvalue weighted by atomic mass is 9.50. The van der Waals surface area contributed by atoms with Gasteiger partial charge in [0.25, 0.3) is 11.8 Å². The smallest absolute Gasteiger partial charge is 0.285 e. The predicted molar refractivity (Wildman–Crippen MR) is 190 cm³/mol. The van der Waals surface area contributed by atoms with Crippen LogP contribution in [0.5, 0.6) is 5.75 Å². The van der Waals surface area contributed by atoms with Gasteiger partial charge in [0.15, 0.2) is 11.5 Å². The van der Waals surface area contributed by atoms with Gasteiger partial charge in [-0.25, -0.2) is 13.1 Å². The Morgan fingerprint density at radius 2 is 1.58 bits per heavy atom. The summed E-state index contributed by atoms with van der Waals surface area (Å²) in [6.45, 7) is 4.54. The SMILES string of the molecule is CCOc1cncc(-c2ccc(C(=O)N3CCN(c4ccc(C(=O)NS(=O)(=O)CC56CC7CC(CC(C7)C5)C6)nn4)CC3)c3ccccc23)c1. The number of anilines is 1. The third-order valence-electron chi connectivity index (χ3n) is 11.2. The Labute approximate surface area is 292 Å². The van der Waals surface area contributed by atoms with Crippen LogP contribution in [0.15, 0.2) is 67.0 Å². The maximum Gasteiger partial charge on any atom is 0.285 e. The fourth-order valence-corrected chi connectivity index (χ4v) is 11.2. The van der Waals surface area contributed by atoms with Gasteiger partial charge in [-0.2, -0.15) is 0 Å². The van der Waals surface area contributed by atoms with Gasteiger partial charge >= 0.3 is 0 Å². The van der Waals surface area contributed by atoms with Crippen LogP contribution in [0.2, 0.25) is 0 Å². The number of pyridine rings is 1. The minimum Gasteiger partial charge on any atom is -0.492 e. The van der Waals surface area contributed by atoms with E-state index in [-0.39, 0.29) is 22.8 Å². The molecule has 4 saturated carbocycles. The molecule has 2 aromatic carbocycles. The Kier molecular flexibility index (Phi) is 8.45. The second-order valence-electron chi connectivity index (χ2n) is 14.7. The second kappa shape index (κ2) is 12.9. The number of carbonyl (C=O) groups is 2. The molecule has 1 saturated heterocycles. The number of amides is 2. The summed E-state index contributed by atoms with van der Waals surface area (Å²) < 4.78 is 34.3. The first-order chi connectivity index (χ1) is 24.2. The summed E-state index contributed by atoms with van der Waals surface area (Å²) in [5, 5.41) is 10.2. The molecule has 50 heavy (non-hydrogen) atoms. The fraction of sp³-hybridized carbons (Fsp3) is 0.447. The van der Waals surface area contributed by atoms with Crippen molar-refractivity contribution in [2.45, 2.75) is 45.4 Å². The molecule has 0 spiro atoms. The molecule has 1 N–H and O–H groups in total. The van der Waals surface area contributed by atoms with Crippen molar-refractivity contribution in [3.05, 3.63) is 78.2 Å². The number of nitrogens with one attached hydrogen (secondary N) is 1. The molecule has 4 aromatic rings. The van der Waals surface area contributed by atoms with Crippen LogP contribution in [0.1, 0.15) is 66.3 Å². The van der Waals surface area contributed by atoms with E-state index in [0.717, 1.165) is 41.2 Å². The summed E-state index contributed by atoms with van der Waals surface area (Å²) in [6.07, 6.45) is 10.0. The minimum absolute atomic E-state index is 0.00348. The van der Waals surface area contributed by atoms with Crippen LogP contribution in [-0.4, -0.2) is 78.9 Å². The van der Waals surface area contributed by atoms with Gasteiger partial charge in [0, 0.05) is 43.5 Å². The maximum absolute atomic E-state index is 13.8. The molecule has 260 valence electrons. The highest BCUT2D eigenvalue weighted by Gasteiger charge is 2.52. The average molecular weight is 695 g/mol. The summed E-state index contributed by atoms with van der Waals surface area (Å²) in [4.78, 5) is 35.0. The Morgan fingerprint density at radius 1 is 0.880 bits per heavy atom. The highest BCUT2D eigenvalue weighted by atomic mass is 32.2. The van der Waals surface area contributed by atoms with Crippen molar-refractivity contribution in [3.8, 4) is 16.9 Å². The van der Waals surface area contributed by atoms with Crippen LogP contribution < -0.4 is 14.4 Å². The predicted octanol–water partition coefficient (Wildman–Crippen LogP) is 5.33. The lowest BCUT2D eigenvalue weighted by molar-refractivity contribution is -0.0391. The molecule has 2 aromatic heterocycles. The number of ether oxygens (including phenoxy) is 1. The number of hydrogen-bond donors (Lipinski definition) is 1. The van der Waals surface area contributed by atoms with E-state index in [1.165, 1.54) is 25.3 Å². The van der Waals surface area contributed by atoms with Crippen LogP contribution in [0.3, 0.4) is 0 Å². The molecule has 5 fully saturated rings. The Hall–Kier alpha value is -4.58. The quantitative estimate of drug-likeness (QED) is 0.247. The molecule has 0 unspecified atom stereocenters. The van der Waals surface area contributed by atoms with Crippen LogP contribution in [0.4, 0.5) is 5.82 Å². The normalized spacial score (nSPS) is 24.4. The van der Waals surface area contributed by atoms with Crippen molar-refractivity contribution < 1.29 is 22.7 Å². The van der Waals surface area contributed by atoms with Crippen molar-refractivity contribution in [1.29, 1.82) is 0 Å². The molecule has 3 heterocycles. The van der Waals surface area contributed by atoms with Gasteiger partial charge in [-0.3, -0.25) is 14.6 Å². The summed E-state index contributed by atoms with van der Waals surface area (Å²) in [5.74, 6) is 2.37. The average Bonchev–Trinajstić information content (AvgIpc) is 3.10. The van der Waals surface area contributed by atoms with Gasteiger partial charge < -0.3 is 14.5 Å². The van der Waals surface area contributed by atoms with Crippen LogP contribution in [0, 0.1) is 23.2 Å². The van der Waals surface area contributed by atoms with Crippen molar-refractivity contribution >= 4 is 38.4 Å². The molecular weight excluding hydrogens is 653 g/mol. The first-order valence-corrected chi connectivity index (χ1v) is 19.4. The lowest BCUT2D eigenvalue weighted by Gasteiger charge is -2.56. The number of piperazine rings is 1. The molecule has 0 atom stereocenters. The zero-order valence-corrected chi connectivity index (χ0v) is 29.1. The molecule has 12 heteroatoms. The van der Waals surface area contributed by atoms with Gasteiger partial charge in [0.1, 0.15) is 5.75 Å². The van der Waals surface area contributed by atoms with Crippen molar-refractivity contribution in [3.63, 3.8) is 0 Å². The van der Waals surface area contributed by atoms with E-state index >= 15 is 0 Å². The summed E-state index contributed by atoms with van der Waals surface area (Å²) >= 11 is 0. The van der Waals surface area contributed by atoms with E-state index in [1.54, 1.807) is 18.5 Å². The number of rotatable bonds is 9. The number of fused-ring (bicyclic) bond motifs is 1. The number of hydrogen-bond acceptors (Lipinski definition) is 9. The van der Waals surface area contributed by atoms with Gasteiger partial charge in [0.2, 0.25) is 10.0 Å². The number of sulfonamides is 1. The maximum atomic E-state index is 13.8. The Bertz CT molecular complexity index is 2010. The second-order valence-corrected chi connectivity index (χ2v) is 16.4. The highest BCUT2D eigenvalue weighted by Crippen LogP contribution is 2.60. The summed E-state index contributed by atoms with van der Waals surface area (Å²) in [7, 11) is -3.82. The number of benzene rings is 2.